The Morgan fingerprint density at radius 1 is 1.39 bits per heavy atom. The van der Waals surface area contributed by atoms with Crippen molar-refractivity contribution in [3.05, 3.63) is 28.8 Å². The maximum Gasteiger partial charge on any atom is 0.150 e. The molecule has 0 aromatic heterocycles. The van der Waals surface area contributed by atoms with E-state index in [0.717, 1.165) is 31.6 Å². The van der Waals surface area contributed by atoms with Crippen molar-refractivity contribution in [3.8, 4) is 0 Å². The van der Waals surface area contributed by atoms with Crippen molar-refractivity contribution in [1.82, 2.24) is 4.90 Å². The third kappa shape index (κ3) is 2.93. The summed E-state index contributed by atoms with van der Waals surface area (Å²) in [6.07, 6.45) is 0.936. The normalized spacial score (nSPS) is 20.7. The zero-order valence-electron chi connectivity index (χ0n) is 10.5. The first-order chi connectivity index (χ1) is 8.47. The van der Waals surface area contributed by atoms with Gasteiger partial charge < -0.3 is 5.32 Å². The lowest BCUT2D eigenvalue weighted by Gasteiger charge is -2.21. The van der Waals surface area contributed by atoms with Gasteiger partial charge in [0.2, 0.25) is 0 Å². The number of anilines is 1. The van der Waals surface area contributed by atoms with E-state index in [1.165, 1.54) is 0 Å². The van der Waals surface area contributed by atoms with Crippen LogP contribution in [0, 0.1) is 11.6 Å². The monoisotopic (exact) mass is 274 g/mol. The molecule has 2 nitrogen and oxygen atoms in total. The van der Waals surface area contributed by atoms with Gasteiger partial charge in [-0.25, -0.2) is 8.78 Å². The van der Waals surface area contributed by atoms with E-state index < -0.39 is 11.6 Å². The van der Waals surface area contributed by atoms with Crippen LogP contribution in [0.5, 0.6) is 0 Å². The lowest BCUT2D eigenvalue weighted by Crippen LogP contribution is -2.31. The molecule has 0 aliphatic carbocycles. The third-order valence-electron chi connectivity index (χ3n) is 3.31. The van der Waals surface area contributed by atoms with Crippen molar-refractivity contribution in [3.63, 3.8) is 0 Å². The Labute approximate surface area is 111 Å². The van der Waals surface area contributed by atoms with E-state index in [2.05, 4.69) is 24.1 Å². The van der Waals surface area contributed by atoms with E-state index in [9.17, 15) is 8.78 Å². The first kappa shape index (κ1) is 13.6. The molecule has 100 valence electrons. The van der Waals surface area contributed by atoms with Crippen LogP contribution in [0.15, 0.2) is 12.1 Å². The summed E-state index contributed by atoms with van der Waals surface area (Å²) in [7, 11) is 0. The zero-order chi connectivity index (χ0) is 13.3. The number of hydrogen-bond donors (Lipinski definition) is 1. The van der Waals surface area contributed by atoms with E-state index in [-0.39, 0.29) is 16.8 Å². The highest BCUT2D eigenvalue weighted by Crippen LogP contribution is 2.28. The van der Waals surface area contributed by atoms with Crippen LogP contribution >= 0.6 is 11.6 Å². The van der Waals surface area contributed by atoms with E-state index >= 15 is 0 Å². The summed E-state index contributed by atoms with van der Waals surface area (Å²) in [5.41, 5.74) is 0.202. The lowest BCUT2D eigenvalue weighted by atomic mass is 10.2. The Kier molecular flexibility index (Phi) is 4.07. The fourth-order valence-corrected chi connectivity index (χ4v) is 2.51. The van der Waals surface area contributed by atoms with Crippen molar-refractivity contribution in [1.29, 1.82) is 0 Å². The molecule has 2 rings (SSSR count). The summed E-state index contributed by atoms with van der Waals surface area (Å²) >= 11 is 5.86. The molecule has 1 aromatic rings. The summed E-state index contributed by atoms with van der Waals surface area (Å²) < 4.78 is 26.5. The maximum atomic E-state index is 13.6. The first-order valence-electron chi connectivity index (χ1n) is 6.12. The molecule has 1 fully saturated rings. The molecule has 1 heterocycles. The third-order valence-corrected chi connectivity index (χ3v) is 3.60. The number of nitrogens with one attached hydrogen (secondary N) is 1. The Bertz CT molecular complexity index is 414. The predicted molar refractivity (Wildman–Crippen MR) is 70.1 cm³/mol. The van der Waals surface area contributed by atoms with Gasteiger partial charge in [0, 0.05) is 31.2 Å². The van der Waals surface area contributed by atoms with Crippen LogP contribution in [0.4, 0.5) is 14.5 Å². The molecule has 0 saturated carbocycles. The van der Waals surface area contributed by atoms with E-state index in [1.54, 1.807) is 0 Å². The fraction of sp³-hybridized carbons (Fsp3) is 0.538. The average Bonchev–Trinajstić information content (AvgIpc) is 2.71. The van der Waals surface area contributed by atoms with Crippen molar-refractivity contribution < 1.29 is 8.78 Å². The van der Waals surface area contributed by atoms with Crippen LogP contribution in [0.3, 0.4) is 0 Å². The molecular weight excluding hydrogens is 258 g/mol. The van der Waals surface area contributed by atoms with Crippen LogP contribution in [0.1, 0.15) is 20.3 Å². The summed E-state index contributed by atoms with van der Waals surface area (Å²) in [6.45, 7) is 6.10. The molecule has 0 radical (unpaired) electrons. The predicted octanol–water partition coefficient (Wildman–Crippen LogP) is 3.51. The highest BCUT2D eigenvalue weighted by Gasteiger charge is 2.25. The SMILES string of the molecule is CC(C)N1CCC(Nc2c(F)cc(F)cc2Cl)C1. The maximum absolute atomic E-state index is 13.6. The molecule has 1 aliphatic heterocycles. The second-order valence-electron chi connectivity index (χ2n) is 4.96. The molecule has 5 heteroatoms. The quantitative estimate of drug-likeness (QED) is 0.907. The van der Waals surface area contributed by atoms with Crippen LogP contribution in [-0.2, 0) is 0 Å². The standard InChI is InChI=1S/C13H17ClF2N2/c1-8(2)18-4-3-10(7-18)17-13-11(14)5-9(15)6-12(13)16/h5-6,8,10,17H,3-4,7H2,1-2H3. The molecule has 1 N–H and O–H groups in total. The van der Waals surface area contributed by atoms with Crippen molar-refractivity contribution in [2.24, 2.45) is 0 Å². The summed E-state index contributed by atoms with van der Waals surface area (Å²) in [5, 5.41) is 3.17. The average molecular weight is 275 g/mol. The highest BCUT2D eigenvalue weighted by molar-refractivity contribution is 6.33. The van der Waals surface area contributed by atoms with Crippen LogP contribution in [0.25, 0.3) is 0 Å². The topological polar surface area (TPSA) is 15.3 Å². The Morgan fingerprint density at radius 3 is 2.67 bits per heavy atom. The molecule has 1 saturated heterocycles. The van der Waals surface area contributed by atoms with Gasteiger partial charge in [-0.3, -0.25) is 4.90 Å². The smallest absolute Gasteiger partial charge is 0.150 e. The number of halogens is 3. The number of benzene rings is 1. The molecule has 18 heavy (non-hydrogen) atoms. The molecule has 1 atom stereocenters. The van der Waals surface area contributed by atoms with Crippen LogP contribution < -0.4 is 5.32 Å². The minimum Gasteiger partial charge on any atom is -0.377 e. The van der Waals surface area contributed by atoms with E-state index in [0.29, 0.717) is 6.04 Å². The minimum absolute atomic E-state index is 0.0931. The van der Waals surface area contributed by atoms with Gasteiger partial charge >= 0.3 is 0 Å². The van der Waals surface area contributed by atoms with Gasteiger partial charge in [0.25, 0.3) is 0 Å². The molecule has 1 unspecified atom stereocenters. The van der Waals surface area contributed by atoms with Crippen LogP contribution in [0.2, 0.25) is 5.02 Å². The number of likely N-dealkylation sites (tertiary alicyclic amines) is 1. The van der Waals surface area contributed by atoms with E-state index in [1.807, 2.05) is 0 Å². The Hall–Kier alpha value is -0.870. The van der Waals surface area contributed by atoms with Gasteiger partial charge in [-0.15, -0.1) is 0 Å². The van der Waals surface area contributed by atoms with Crippen LogP contribution in [-0.4, -0.2) is 30.1 Å². The van der Waals surface area contributed by atoms with Gasteiger partial charge in [-0.05, 0) is 26.3 Å². The second kappa shape index (κ2) is 5.41. The molecule has 0 bridgehead atoms. The number of hydrogen-bond acceptors (Lipinski definition) is 2. The van der Waals surface area contributed by atoms with Gasteiger partial charge in [0.15, 0.2) is 5.82 Å². The lowest BCUT2D eigenvalue weighted by molar-refractivity contribution is 0.274. The van der Waals surface area contributed by atoms with E-state index in [4.69, 9.17) is 11.6 Å². The van der Waals surface area contributed by atoms with Crippen molar-refractivity contribution in [2.45, 2.75) is 32.4 Å². The largest absolute Gasteiger partial charge is 0.377 e. The van der Waals surface area contributed by atoms with Gasteiger partial charge in [0.05, 0.1) is 10.7 Å². The summed E-state index contributed by atoms with van der Waals surface area (Å²) in [4.78, 5) is 2.31. The summed E-state index contributed by atoms with van der Waals surface area (Å²) in [6, 6.07) is 2.61. The molecular formula is C13H17ClF2N2. The molecule has 0 amide bonds. The zero-order valence-corrected chi connectivity index (χ0v) is 11.3. The Morgan fingerprint density at radius 2 is 2.11 bits per heavy atom. The van der Waals surface area contributed by atoms with Gasteiger partial charge in [-0.2, -0.15) is 0 Å². The highest BCUT2D eigenvalue weighted by atomic mass is 35.5. The number of nitrogens with zero attached hydrogens (tertiary/aromatic N) is 1. The molecule has 1 aliphatic rings. The first-order valence-corrected chi connectivity index (χ1v) is 6.50. The minimum atomic E-state index is -0.654. The Balaban J connectivity index is 2.07. The van der Waals surface area contributed by atoms with Crippen molar-refractivity contribution >= 4 is 17.3 Å². The molecule has 0 spiro atoms. The van der Waals surface area contributed by atoms with Gasteiger partial charge in [0.1, 0.15) is 5.82 Å². The van der Waals surface area contributed by atoms with Gasteiger partial charge in [-0.1, -0.05) is 11.6 Å². The second-order valence-corrected chi connectivity index (χ2v) is 5.37. The fourth-order valence-electron chi connectivity index (χ4n) is 2.26. The molecule has 1 aromatic carbocycles. The van der Waals surface area contributed by atoms with Crippen molar-refractivity contribution in [2.75, 3.05) is 18.4 Å². The number of rotatable bonds is 3. The summed E-state index contributed by atoms with van der Waals surface area (Å²) in [5.74, 6) is -1.29.